The fourth-order valence-corrected chi connectivity index (χ4v) is 2.82. The number of amides is 1. The van der Waals surface area contributed by atoms with Gasteiger partial charge in [0.25, 0.3) is 0 Å². The first-order valence-electron chi connectivity index (χ1n) is 8.92. The first-order valence-corrected chi connectivity index (χ1v) is 8.92. The molecule has 146 valence electrons. The first kappa shape index (κ1) is 24.2. The number of hydrogen-bond donors (Lipinski definition) is 3. The Bertz CT molecular complexity index is 456. The van der Waals surface area contributed by atoms with Crippen molar-refractivity contribution in [1.82, 2.24) is 20.9 Å². The summed E-state index contributed by atoms with van der Waals surface area (Å²) in [5.41, 5.74) is 0.704. The van der Waals surface area contributed by atoms with Crippen LogP contribution in [0.25, 0.3) is 0 Å². The molecule has 0 aromatic heterocycles. The van der Waals surface area contributed by atoms with Gasteiger partial charge in [-0.2, -0.15) is 0 Å². The maximum absolute atomic E-state index is 11.9. The highest BCUT2D eigenvalue weighted by Gasteiger charge is 2.26. The van der Waals surface area contributed by atoms with Gasteiger partial charge in [-0.05, 0) is 40.5 Å². The van der Waals surface area contributed by atoms with Gasteiger partial charge in [0.1, 0.15) is 0 Å². The van der Waals surface area contributed by atoms with Gasteiger partial charge in [-0.1, -0.05) is 12.2 Å². The Balaban J connectivity index is 0.00000576. The lowest BCUT2D eigenvalue weighted by atomic mass is 9.93. The standard InChI is InChI=1S/C18H35N5O.HI/c1-7-20-17(21-13-18(4,5)16(24)19-6)22-15-8-10-23(11-9-15)12-14(2)3;/h15H,2,7-13H2,1,3-6H3,(H,19,24)(H2,20,21,22);1H. The Hall–Kier alpha value is -0.830. The topological polar surface area (TPSA) is 68.8 Å². The lowest BCUT2D eigenvalue weighted by molar-refractivity contribution is -0.128. The third kappa shape index (κ3) is 8.89. The molecule has 1 aliphatic rings. The molecule has 1 aliphatic heterocycles. The van der Waals surface area contributed by atoms with Crippen molar-refractivity contribution in [2.45, 2.75) is 46.6 Å². The normalized spacial score (nSPS) is 16.8. The smallest absolute Gasteiger partial charge is 0.227 e. The summed E-state index contributed by atoms with van der Waals surface area (Å²) in [6.45, 7) is 16.3. The number of piperidine rings is 1. The maximum Gasteiger partial charge on any atom is 0.227 e. The molecule has 1 amide bonds. The summed E-state index contributed by atoms with van der Waals surface area (Å²) in [5, 5.41) is 9.50. The number of carbonyl (C=O) groups excluding carboxylic acids is 1. The summed E-state index contributed by atoms with van der Waals surface area (Å²) < 4.78 is 0. The SMILES string of the molecule is C=C(C)CN1CCC(NC(=NCC(C)(C)C(=O)NC)NCC)CC1.I. The molecule has 6 nitrogen and oxygen atoms in total. The van der Waals surface area contributed by atoms with Crippen molar-refractivity contribution in [2.75, 3.05) is 39.8 Å². The minimum atomic E-state index is -0.512. The van der Waals surface area contributed by atoms with E-state index in [4.69, 9.17) is 0 Å². The fraction of sp³-hybridized carbons (Fsp3) is 0.778. The summed E-state index contributed by atoms with van der Waals surface area (Å²) >= 11 is 0. The van der Waals surface area contributed by atoms with Crippen LogP contribution in [0.1, 0.15) is 40.5 Å². The fourth-order valence-electron chi connectivity index (χ4n) is 2.82. The molecule has 0 radical (unpaired) electrons. The van der Waals surface area contributed by atoms with E-state index in [0.717, 1.165) is 45.0 Å². The van der Waals surface area contributed by atoms with Gasteiger partial charge >= 0.3 is 0 Å². The Kier molecular flexibility index (Phi) is 11.3. The average Bonchev–Trinajstić information content (AvgIpc) is 2.53. The van der Waals surface area contributed by atoms with Gasteiger partial charge in [0.2, 0.25) is 5.91 Å². The zero-order chi connectivity index (χ0) is 18.2. The second-order valence-corrected chi connectivity index (χ2v) is 7.31. The monoisotopic (exact) mass is 465 g/mol. The number of hydrogen-bond acceptors (Lipinski definition) is 3. The van der Waals surface area contributed by atoms with Crippen molar-refractivity contribution >= 4 is 35.8 Å². The van der Waals surface area contributed by atoms with Crippen LogP contribution in [0.5, 0.6) is 0 Å². The Labute approximate surface area is 170 Å². The molecule has 1 rings (SSSR count). The van der Waals surface area contributed by atoms with Gasteiger partial charge in [0.05, 0.1) is 12.0 Å². The molecular weight excluding hydrogens is 429 g/mol. The summed E-state index contributed by atoms with van der Waals surface area (Å²) in [7, 11) is 1.66. The summed E-state index contributed by atoms with van der Waals surface area (Å²) in [6, 6.07) is 0.423. The molecule has 0 aromatic rings. The van der Waals surface area contributed by atoms with Crippen molar-refractivity contribution in [1.29, 1.82) is 0 Å². The molecule has 0 aliphatic carbocycles. The Morgan fingerprint density at radius 3 is 2.40 bits per heavy atom. The van der Waals surface area contributed by atoms with Crippen LogP contribution < -0.4 is 16.0 Å². The lowest BCUT2D eigenvalue weighted by Gasteiger charge is -2.33. The van der Waals surface area contributed by atoms with Crippen LogP contribution in [0.3, 0.4) is 0 Å². The van der Waals surface area contributed by atoms with E-state index in [1.807, 2.05) is 13.8 Å². The van der Waals surface area contributed by atoms with E-state index < -0.39 is 5.41 Å². The van der Waals surface area contributed by atoms with E-state index in [9.17, 15) is 4.79 Å². The molecule has 0 unspecified atom stereocenters. The van der Waals surface area contributed by atoms with Crippen molar-refractivity contribution in [3.05, 3.63) is 12.2 Å². The first-order chi connectivity index (χ1) is 11.3. The molecule has 1 heterocycles. The number of guanidine groups is 1. The quantitative estimate of drug-likeness (QED) is 0.233. The Morgan fingerprint density at radius 1 is 1.32 bits per heavy atom. The minimum Gasteiger partial charge on any atom is -0.359 e. The molecule has 0 saturated carbocycles. The van der Waals surface area contributed by atoms with Crippen LogP contribution in [-0.2, 0) is 4.79 Å². The van der Waals surface area contributed by atoms with E-state index in [2.05, 4.69) is 46.3 Å². The minimum absolute atomic E-state index is 0. The zero-order valence-corrected chi connectivity index (χ0v) is 18.8. The molecule has 25 heavy (non-hydrogen) atoms. The number of aliphatic imine (C=N–C) groups is 1. The highest BCUT2D eigenvalue weighted by molar-refractivity contribution is 14.0. The predicted octanol–water partition coefficient (Wildman–Crippen LogP) is 1.97. The summed E-state index contributed by atoms with van der Waals surface area (Å²) in [4.78, 5) is 18.9. The van der Waals surface area contributed by atoms with Gasteiger partial charge in [-0.15, -0.1) is 24.0 Å². The van der Waals surface area contributed by atoms with E-state index >= 15 is 0 Å². The highest BCUT2D eigenvalue weighted by Crippen LogP contribution is 2.15. The van der Waals surface area contributed by atoms with Gasteiger partial charge in [0, 0.05) is 39.3 Å². The number of likely N-dealkylation sites (tertiary alicyclic amines) is 1. The van der Waals surface area contributed by atoms with Gasteiger partial charge in [0.15, 0.2) is 5.96 Å². The molecule has 0 atom stereocenters. The molecule has 0 bridgehead atoms. The van der Waals surface area contributed by atoms with Crippen LogP contribution in [-0.4, -0.2) is 62.6 Å². The van der Waals surface area contributed by atoms with Crippen LogP contribution in [0.15, 0.2) is 17.1 Å². The summed E-state index contributed by atoms with van der Waals surface area (Å²) in [5.74, 6) is 0.808. The lowest BCUT2D eigenvalue weighted by Crippen LogP contribution is -2.49. The van der Waals surface area contributed by atoms with E-state index in [0.29, 0.717) is 12.6 Å². The second-order valence-electron chi connectivity index (χ2n) is 7.31. The van der Waals surface area contributed by atoms with Crippen LogP contribution in [0.4, 0.5) is 0 Å². The van der Waals surface area contributed by atoms with Crippen molar-refractivity contribution < 1.29 is 4.79 Å². The molecular formula is C18H36IN5O. The highest BCUT2D eigenvalue weighted by atomic mass is 127. The summed E-state index contributed by atoms with van der Waals surface area (Å²) in [6.07, 6.45) is 2.19. The largest absolute Gasteiger partial charge is 0.359 e. The van der Waals surface area contributed by atoms with E-state index in [-0.39, 0.29) is 29.9 Å². The van der Waals surface area contributed by atoms with Crippen LogP contribution in [0.2, 0.25) is 0 Å². The van der Waals surface area contributed by atoms with Crippen molar-refractivity contribution in [3.8, 4) is 0 Å². The van der Waals surface area contributed by atoms with Gasteiger partial charge in [-0.3, -0.25) is 14.7 Å². The zero-order valence-electron chi connectivity index (χ0n) is 16.4. The molecule has 1 saturated heterocycles. The molecule has 1 fully saturated rings. The van der Waals surface area contributed by atoms with Crippen molar-refractivity contribution in [3.63, 3.8) is 0 Å². The number of halogens is 1. The van der Waals surface area contributed by atoms with Crippen molar-refractivity contribution in [2.24, 2.45) is 10.4 Å². The Morgan fingerprint density at radius 2 is 1.92 bits per heavy atom. The van der Waals surface area contributed by atoms with E-state index in [1.54, 1.807) is 7.05 Å². The third-order valence-corrected chi connectivity index (χ3v) is 4.24. The average molecular weight is 465 g/mol. The third-order valence-electron chi connectivity index (χ3n) is 4.24. The number of carbonyl (C=O) groups is 1. The maximum atomic E-state index is 11.9. The second kappa shape index (κ2) is 11.7. The van der Waals surface area contributed by atoms with Crippen LogP contribution in [0, 0.1) is 5.41 Å². The molecule has 0 spiro atoms. The van der Waals surface area contributed by atoms with E-state index in [1.165, 1.54) is 5.57 Å². The number of nitrogens with zero attached hydrogens (tertiary/aromatic N) is 2. The molecule has 7 heteroatoms. The number of rotatable bonds is 7. The predicted molar refractivity (Wildman–Crippen MR) is 117 cm³/mol. The van der Waals surface area contributed by atoms with Gasteiger partial charge < -0.3 is 16.0 Å². The molecule has 3 N–H and O–H groups in total. The number of nitrogens with one attached hydrogen (secondary N) is 3. The van der Waals surface area contributed by atoms with Gasteiger partial charge in [-0.25, -0.2) is 0 Å². The van der Waals surface area contributed by atoms with Crippen LogP contribution >= 0.6 is 24.0 Å². The molecule has 0 aromatic carbocycles.